The summed E-state index contributed by atoms with van der Waals surface area (Å²) in [5.74, 6) is 0.749. The molecule has 2 aliphatic carbocycles. The van der Waals surface area contributed by atoms with Gasteiger partial charge in [-0.25, -0.2) is 0 Å². The number of carboxylic acids is 1. The van der Waals surface area contributed by atoms with Crippen LogP contribution in [0.4, 0.5) is 0 Å². The highest BCUT2D eigenvalue weighted by Gasteiger charge is 2.51. The predicted octanol–water partition coefficient (Wildman–Crippen LogP) is 5.48. The number of fused-ring (bicyclic) bond motifs is 1. The molecule has 0 radical (unpaired) electrons. The van der Waals surface area contributed by atoms with Crippen LogP contribution in [0.3, 0.4) is 0 Å². The summed E-state index contributed by atoms with van der Waals surface area (Å²) in [5, 5.41) is 9.84. The van der Waals surface area contributed by atoms with E-state index in [9.17, 15) is 9.90 Å². The second-order valence-electron chi connectivity index (χ2n) is 9.37. The highest BCUT2D eigenvalue weighted by molar-refractivity contribution is 5.85. The summed E-state index contributed by atoms with van der Waals surface area (Å²) < 4.78 is 17.6. The van der Waals surface area contributed by atoms with Gasteiger partial charge >= 0.3 is 5.97 Å². The van der Waals surface area contributed by atoms with Gasteiger partial charge in [0.1, 0.15) is 11.5 Å². The van der Waals surface area contributed by atoms with E-state index in [-0.39, 0.29) is 6.10 Å². The Hall–Kier alpha value is -3.31. The first-order chi connectivity index (χ1) is 16.4. The Morgan fingerprint density at radius 1 is 0.971 bits per heavy atom. The highest BCUT2D eigenvalue weighted by atomic mass is 16.5. The lowest BCUT2D eigenvalue weighted by molar-refractivity contribution is -0.140. The van der Waals surface area contributed by atoms with E-state index in [2.05, 4.69) is 24.3 Å². The minimum Gasteiger partial charge on any atom is -0.496 e. The summed E-state index contributed by atoms with van der Waals surface area (Å²) in [6, 6.07) is 18.5. The molecule has 0 unspecified atom stereocenters. The van der Waals surface area contributed by atoms with Crippen LogP contribution in [-0.4, -0.2) is 31.4 Å². The second kappa shape index (κ2) is 8.80. The molecule has 0 saturated heterocycles. The molecule has 176 valence electrons. The summed E-state index contributed by atoms with van der Waals surface area (Å²) in [7, 11) is 3.31. The number of carbonyl (C=O) groups is 1. The van der Waals surface area contributed by atoms with Crippen molar-refractivity contribution in [3.63, 3.8) is 0 Å². The minimum atomic E-state index is -0.764. The fourth-order valence-electron chi connectivity index (χ4n) is 5.13. The molecule has 0 atom stereocenters. The van der Waals surface area contributed by atoms with Gasteiger partial charge in [-0.2, -0.15) is 0 Å². The Morgan fingerprint density at radius 3 is 2.12 bits per heavy atom. The van der Waals surface area contributed by atoms with Gasteiger partial charge in [-0.1, -0.05) is 42.5 Å². The van der Waals surface area contributed by atoms with Crippen LogP contribution in [0.2, 0.25) is 0 Å². The molecule has 5 nitrogen and oxygen atoms in total. The average Bonchev–Trinajstić information content (AvgIpc) is 3.56. The van der Waals surface area contributed by atoms with Gasteiger partial charge in [0.05, 0.1) is 32.3 Å². The highest BCUT2D eigenvalue weighted by Crippen LogP contribution is 2.49. The van der Waals surface area contributed by atoms with Gasteiger partial charge in [0.2, 0.25) is 0 Å². The number of ether oxygens (including phenoxy) is 3. The monoisotopic (exact) mass is 458 g/mol. The number of hydrogen-bond donors (Lipinski definition) is 1. The first-order valence-corrected chi connectivity index (χ1v) is 11.7. The molecule has 0 spiro atoms. The van der Waals surface area contributed by atoms with Crippen LogP contribution in [0.5, 0.6) is 11.5 Å². The van der Waals surface area contributed by atoms with Gasteiger partial charge in [0.25, 0.3) is 0 Å². The van der Waals surface area contributed by atoms with E-state index in [0.29, 0.717) is 19.4 Å². The molecule has 0 aromatic heterocycles. The first-order valence-electron chi connectivity index (χ1n) is 11.7. The minimum absolute atomic E-state index is 0.116. The maximum Gasteiger partial charge on any atom is 0.314 e. The number of benzene rings is 3. The molecule has 0 heterocycles. The van der Waals surface area contributed by atoms with Gasteiger partial charge in [0, 0.05) is 5.56 Å². The molecule has 0 bridgehead atoms. The van der Waals surface area contributed by atoms with E-state index in [1.807, 2.05) is 37.3 Å². The molecule has 3 aromatic rings. The van der Waals surface area contributed by atoms with Gasteiger partial charge in [-0.15, -0.1) is 0 Å². The van der Waals surface area contributed by atoms with E-state index in [4.69, 9.17) is 14.2 Å². The third-order valence-electron chi connectivity index (χ3n) is 7.37. The van der Waals surface area contributed by atoms with Crippen molar-refractivity contribution in [3.05, 3.63) is 82.4 Å². The maximum atomic E-state index is 12.0. The van der Waals surface area contributed by atoms with Crippen LogP contribution in [0, 0.1) is 6.92 Å². The summed E-state index contributed by atoms with van der Waals surface area (Å²) in [5.41, 5.74) is 6.65. The molecule has 3 aromatic carbocycles. The van der Waals surface area contributed by atoms with Crippen molar-refractivity contribution in [2.45, 2.75) is 50.7 Å². The number of aliphatic carboxylic acids is 1. The molecule has 34 heavy (non-hydrogen) atoms. The van der Waals surface area contributed by atoms with Crippen molar-refractivity contribution in [1.82, 2.24) is 0 Å². The zero-order chi connectivity index (χ0) is 23.9. The lowest BCUT2D eigenvalue weighted by Crippen LogP contribution is -2.20. The van der Waals surface area contributed by atoms with E-state index in [0.717, 1.165) is 52.2 Å². The van der Waals surface area contributed by atoms with E-state index >= 15 is 0 Å². The quantitative estimate of drug-likeness (QED) is 0.484. The molecule has 1 fully saturated rings. The number of hydrogen-bond acceptors (Lipinski definition) is 4. The number of carboxylic acid groups (broad SMARTS) is 1. The molecule has 2 aliphatic rings. The Bertz CT molecular complexity index is 1190. The van der Waals surface area contributed by atoms with Crippen molar-refractivity contribution in [2.75, 3.05) is 14.2 Å². The van der Waals surface area contributed by atoms with Gasteiger partial charge < -0.3 is 19.3 Å². The van der Waals surface area contributed by atoms with Crippen molar-refractivity contribution in [1.29, 1.82) is 0 Å². The standard InChI is InChI=1S/C29H30O5/c1-18-26(32-2)15-21(16-27(18)33-3)25-9-8-23(29(10-11-29)28(30)31)12-22(25)17-34-24-13-19-6-4-5-7-20(19)14-24/h4-9,12,15-16,24H,10-11,13-14,17H2,1-3H3,(H,30,31). The van der Waals surface area contributed by atoms with Gasteiger partial charge in [-0.05, 0) is 78.1 Å². The lowest BCUT2D eigenvalue weighted by atomic mass is 9.90. The molecular formula is C29H30O5. The zero-order valence-electron chi connectivity index (χ0n) is 19.9. The van der Waals surface area contributed by atoms with Crippen molar-refractivity contribution in [2.24, 2.45) is 0 Å². The van der Waals surface area contributed by atoms with Crippen molar-refractivity contribution in [3.8, 4) is 22.6 Å². The van der Waals surface area contributed by atoms with E-state index < -0.39 is 11.4 Å². The summed E-state index contributed by atoms with van der Waals surface area (Å²) in [4.78, 5) is 12.0. The Kier molecular flexibility index (Phi) is 5.82. The number of methoxy groups -OCH3 is 2. The average molecular weight is 459 g/mol. The largest absolute Gasteiger partial charge is 0.496 e. The zero-order valence-corrected chi connectivity index (χ0v) is 19.9. The van der Waals surface area contributed by atoms with Gasteiger partial charge in [-0.3, -0.25) is 4.79 Å². The van der Waals surface area contributed by atoms with E-state index in [1.54, 1.807) is 14.2 Å². The third kappa shape index (κ3) is 3.94. The summed E-state index contributed by atoms with van der Waals surface area (Å²) in [6.07, 6.45) is 3.26. The lowest BCUT2D eigenvalue weighted by Gasteiger charge is -2.19. The van der Waals surface area contributed by atoms with Crippen LogP contribution in [0.15, 0.2) is 54.6 Å². The third-order valence-corrected chi connectivity index (χ3v) is 7.37. The summed E-state index contributed by atoms with van der Waals surface area (Å²) in [6.45, 7) is 2.38. The molecule has 1 saturated carbocycles. The molecule has 0 amide bonds. The molecule has 5 heteroatoms. The van der Waals surface area contributed by atoms with E-state index in [1.165, 1.54) is 11.1 Å². The topological polar surface area (TPSA) is 65.0 Å². The van der Waals surface area contributed by atoms with Crippen LogP contribution >= 0.6 is 0 Å². The van der Waals surface area contributed by atoms with Crippen LogP contribution in [0.25, 0.3) is 11.1 Å². The van der Waals surface area contributed by atoms with Crippen LogP contribution in [0.1, 0.15) is 40.7 Å². The smallest absolute Gasteiger partial charge is 0.314 e. The predicted molar refractivity (Wildman–Crippen MR) is 131 cm³/mol. The van der Waals surface area contributed by atoms with Crippen LogP contribution < -0.4 is 9.47 Å². The Balaban J connectivity index is 1.50. The van der Waals surface area contributed by atoms with Crippen molar-refractivity contribution < 1.29 is 24.1 Å². The molecule has 1 N–H and O–H groups in total. The second-order valence-corrected chi connectivity index (χ2v) is 9.37. The fraction of sp³-hybridized carbons (Fsp3) is 0.345. The molecular weight excluding hydrogens is 428 g/mol. The fourth-order valence-corrected chi connectivity index (χ4v) is 5.13. The Morgan fingerprint density at radius 2 is 1.59 bits per heavy atom. The normalized spacial score (nSPS) is 16.2. The van der Waals surface area contributed by atoms with Crippen molar-refractivity contribution >= 4 is 5.97 Å². The Labute approximate surface area is 200 Å². The number of rotatable bonds is 8. The van der Waals surface area contributed by atoms with Gasteiger partial charge in [0.15, 0.2) is 0 Å². The first kappa shape index (κ1) is 22.5. The summed E-state index contributed by atoms with van der Waals surface area (Å²) >= 11 is 0. The molecule has 5 rings (SSSR count). The van der Waals surface area contributed by atoms with Crippen LogP contribution in [-0.2, 0) is 34.4 Å². The molecule has 0 aliphatic heterocycles. The maximum absolute atomic E-state index is 12.0. The SMILES string of the molecule is COc1cc(-c2ccc(C3(C(=O)O)CC3)cc2COC2Cc3ccccc3C2)cc(OC)c1C.